The molecular formula is C33H57N2+. The number of rotatable bonds is 23. The van der Waals surface area contributed by atoms with Crippen LogP contribution in [0.15, 0.2) is 42.7 Å². The summed E-state index contributed by atoms with van der Waals surface area (Å²) in [7, 11) is 0. The molecule has 0 saturated carbocycles. The molecule has 0 saturated heterocycles. The Morgan fingerprint density at radius 3 is 1.51 bits per heavy atom. The van der Waals surface area contributed by atoms with Crippen molar-refractivity contribution < 1.29 is 4.57 Å². The molecule has 1 aromatic carbocycles. The lowest BCUT2D eigenvalue weighted by atomic mass is 10.0. The second-order valence-electron chi connectivity index (χ2n) is 10.7. The number of para-hydroxylation sites is 1. The first kappa shape index (κ1) is 29.7. The average Bonchev–Trinajstić information content (AvgIpc) is 3.29. The molecule has 1 aromatic heterocycles. The largest absolute Gasteiger partial charge is 0.261 e. The molecule has 0 aliphatic heterocycles. The molecule has 0 bridgehead atoms. The maximum absolute atomic E-state index is 2.52. The van der Waals surface area contributed by atoms with Crippen molar-refractivity contribution in [3.63, 3.8) is 0 Å². The van der Waals surface area contributed by atoms with Gasteiger partial charge in [-0.1, -0.05) is 141 Å². The summed E-state index contributed by atoms with van der Waals surface area (Å²) in [4.78, 5) is 0. The van der Waals surface area contributed by atoms with E-state index in [1.54, 1.807) is 0 Å². The van der Waals surface area contributed by atoms with Gasteiger partial charge in [-0.2, -0.15) is 4.57 Å². The van der Waals surface area contributed by atoms with Crippen molar-refractivity contribution in [1.29, 1.82) is 0 Å². The Bertz CT molecular complexity index is 718. The van der Waals surface area contributed by atoms with Gasteiger partial charge in [-0.25, -0.2) is 4.57 Å². The first-order valence-corrected chi connectivity index (χ1v) is 15.5. The van der Waals surface area contributed by atoms with Gasteiger partial charge in [0, 0.05) is 6.42 Å². The molecule has 198 valence electrons. The molecule has 0 aliphatic carbocycles. The number of nitrogens with zero attached hydrogens (tertiary/aromatic N) is 2. The molecule has 2 heteroatoms. The van der Waals surface area contributed by atoms with E-state index in [0.29, 0.717) is 0 Å². The second-order valence-corrected chi connectivity index (χ2v) is 10.7. The monoisotopic (exact) mass is 481 g/mol. The number of aryl methyl sites for hydroxylation is 1. The van der Waals surface area contributed by atoms with Crippen LogP contribution < -0.4 is 4.57 Å². The summed E-state index contributed by atoms with van der Waals surface area (Å²) >= 11 is 0. The maximum Gasteiger partial charge on any atom is 0.261 e. The van der Waals surface area contributed by atoms with Gasteiger partial charge in [0.15, 0.2) is 0 Å². The van der Waals surface area contributed by atoms with Crippen LogP contribution in [0.1, 0.15) is 148 Å². The van der Waals surface area contributed by atoms with Crippen LogP contribution in [0.5, 0.6) is 0 Å². The summed E-state index contributed by atoms with van der Waals surface area (Å²) < 4.78 is 4.94. The normalized spacial score (nSPS) is 11.4. The molecular weight excluding hydrogens is 424 g/mol. The fourth-order valence-electron chi connectivity index (χ4n) is 5.29. The predicted molar refractivity (Wildman–Crippen MR) is 153 cm³/mol. The lowest BCUT2D eigenvalue weighted by Gasteiger charge is -2.06. The number of benzene rings is 1. The van der Waals surface area contributed by atoms with E-state index >= 15 is 0 Å². The number of unbranched alkanes of at least 4 members (excludes halogenated alkanes) is 18. The highest BCUT2D eigenvalue weighted by atomic mass is 15.1. The Labute approximate surface area is 218 Å². The van der Waals surface area contributed by atoms with E-state index in [0.717, 1.165) is 6.54 Å². The lowest BCUT2D eigenvalue weighted by Crippen LogP contribution is -2.37. The van der Waals surface area contributed by atoms with Gasteiger partial charge in [0.1, 0.15) is 18.1 Å². The molecule has 2 aromatic rings. The molecule has 0 radical (unpaired) electrons. The average molecular weight is 482 g/mol. The van der Waals surface area contributed by atoms with Crippen molar-refractivity contribution in [2.75, 3.05) is 0 Å². The summed E-state index contributed by atoms with van der Waals surface area (Å²) in [5.74, 6) is 1.48. The molecule has 35 heavy (non-hydrogen) atoms. The van der Waals surface area contributed by atoms with Crippen LogP contribution in [-0.4, -0.2) is 4.57 Å². The summed E-state index contributed by atoms with van der Waals surface area (Å²) in [5.41, 5.74) is 1.30. The summed E-state index contributed by atoms with van der Waals surface area (Å²) in [5, 5.41) is 0. The van der Waals surface area contributed by atoms with E-state index in [1.165, 1.54) is 146 Å². The SMILES string of the molecule is CCCCCCCCCCCCCCCCCCc1n(-c2ccccc2)cc[n+]1CCCCCC. The maximum atomic E-state index is 2.52. The van der Waals surface area contributed by atoms with E-state index in [9.17, 15) is 0 Å². The minimum absolute atomic E-state index is 1.16. The zero-order valence-electron chi connectivity index (χ0n) is 23.5. The van der Waals surface area contributed by atoms with Gasteiger partial charge in [-0.15, -0.1) is 0 Å². The van der Waals surface area contributed by atoms with Crippen molar-refractivity contribution in [1.82, 2.24) is 4.57 Å². The van der Waals surface area contributed by atoms with Crippen LogP contribution in [0, 0.1) is 0 Å². The fourth-order valence-corrected chi connectivity index (χ4v) is 5.29. The quantitative estimate of drug-likeness (QED) is 0.110. The third-order valence-corrected chi connectivity index (χ3v) is 7.55. The number of hydrogen-bond acceptors (Lipinski definition) is 0. The Morgan fingerprint density at radius 2 is 1.00 bits per heavy atom. The number of imidazole rings is 1. The molecule has 0 spiro atoms. The van der Waals surface area contributed by atoms with Gasteiger partial charge in [0.05, 0.1) is 6.54 Å². The number of hydrogen-bond donors (Lipinski definition) is 0. The molecule has 2 rings (SSSR count). The minimum Gasteiger partial charge on any atom is -0.234 e. The Morgan fingerprint density at radius 1 is 0.543 bits per heavy atom. The van der Waals surface area contributed by atoms with Crippen molar-refractivity contribution in [3.05, 3.63) is 48.5 Å². The van der Waals surface area contributed by atoms with E-state index in [1.807, 2.05) is 0 Å². The zero-order valence-corrected chi connectivity index (χ0v) is 23.5. The van der Waals surface area contributed by atoms with Gasteiger partial charge in [-0.05, 0) is 31.4 Å². The van der Waals surface area contributed by atoms with Gasteiger partial charge in [-0.3, -0.25) is 0 Å². The fraction of sp³-hybridized carbons (Fsp3) is 0.727. The topological polar surface area (TPSA) is 8.81 Å². The van der Waals surface area contributed by atoms with Crippen LogP contribution in [0.4, 0.5) is 0 Å². The highest BCUT2D eigenvalue weighted by Gasteiger charge is 2.18. The van der Waals surface area contributed by atoms with Crippen LogP contribution in [-0.2, 0) is 13.0 Å². The number of aromatic nitrogens is 2. The molecule has 2 nitrogen and oxygen atoms in total. The minimum atomic E-state index is 1.16. The summed E-state index contributed by atoms with van der Waals surface area (Å²) in [6.45, 7) is 5.76. The van der Waals surface area contributed by atoms with Crippen molar-refractivity contribution >= 4 is 0 Å². The van der Waals surface area contributed by atoms with Gasteiger partial charge in [0.25, 0.3) is 5.82 Å². The highest BCUT2D eigenvalue weighted by Crippen LogP contribution is 2.16. The van der Waals surface area contributed by atoms with E-state index in [2.05, 4.69) is 65.7 Å². The molecule has 0 fully saturated rings. The zero-order chi connectivity index (χ0) is 24.8. The molecule has 0 N–H and O–H groups in total. The standard InChI is InChI=1S/C33H57N2/c1-3-5-7-9-10-11-12-13-14-15-16-17-18-19-20-24-28-33-34(29-25-8-6-4-2)30-31-35(33)32-26-22-21-23-27-32/h21-23,26-27,30-31H,3-20,24-25,28-29H2,1-2H3/q+1. The summed E-state index contributed by atoms with van der Waals surface area (Å²) in [6, 6.07) is 10.9. The van der Waals surface area contributed by atoms with E-state index in [-0.39, 0.29) is 0 Å². The lowest BCUT2D eigenvalue weighted by molar-refractivity contribution is -0.704. The van der Waals surface area contributed by atoms with Crippen LogP contribution >= 0.6 is 0 Å². The Balaban J connectivity index is 1.57. The van der Waals surface area contributed by atoms with Gasteiger partial charge >= 0.3 is 0 Å². The van der Waals surface area contributed by atoms with E-state index in [4.69, 9.17) is 0 Å². The van der Waals surface area contributed by atoms with Crippen molar-refractivity contribution in [3.8, 4) is 5.69 Å². The first-order chi connectivity index (χ1) is 17.4. The van der Waals surface area contributed by atoms with Crippen LogP contribution in [0.3, 0.4) is 0 Å². The predicted octanol–water partition coefficient (Wildman–Crippen LogP) is 10.1. The van der Waals surface area contributed by atoms with Crippen LogP contribution in [0.25, 0.3) is 5.69 Å². The molecule has 0 amide bonds. The van der Waals surface area contributed by atoms with E-state index < -0.39 is 0 Å². The smallest absolute Gasteiger partial charge is 0.234 e. The first-order valence-electron chi connectivity index (χ1n) is 15.5. The third kappa shape index (κ3) is 13.3. The molecule has 1 heterocycles. The van der Waals surface area contributed by atoms with Crippen molar-refractivity contribution in [2.45, 2.75) is 155 Å². The van der Waals surface area contributed by atoms with Crippen molar-refractivity contribution in [2.24, 2.45) is 0 Å². The van der Waals surface area contributed by atoms with Gasteiger partial charge in [0.2, 0.25) is 0 Å². The van der Waals surface area contributed by atoms with Gasteiger partial charge < -0.3 is 0 Å². The third-order valence-electron chi connectivity index (χ3n) is 7.55. The van der Waals surface area contributed by atoms with Crippen LogP contribution in [0.2, 0.25) is 0 Å². The Hall–Kier alpha value is -1.57. The molecule has 0 aliphatic rings. The Kier molecular flexibility index (Phi) is 17.5. The highest BCUT2D eigenvalue weighted by molar-refractivity contribution is 5.31. The molecule has 0 atom stereocenters. The summed E-state index contributed by atoms with van der Waals surface area (Å²) in [6.07, 6.45) is 34.0. The molecule has 0 unspecified atom stereocenters. The second kappa shape index (κ2) is 20.6.